The Kier molecular flexibility index (Phi) is 4.68. The third-order valence-corrected chi connectivity index (χ3v) is 3.55. The van der Waals surface area contributed by atoms with Crippen LogP contribution in [-0.4, -0.2) is 28.9 Å². The molecule has 1 aromatic rings. The van der Waals surface area contributed by atoms with Crippen molar-refractivity contribution < 1.29 is 14.4 Å². The SMILES string of the molecule is COC(c1noc([C@@H](O)CN)n1)C1CCCCC1. The van der Waals surface area contributed by atoms with Crippen molar-refractivity contribution >= 4 is 0 Å². The summed E-state index contributed by atoms with van der Waals surface area (Å²) in [6.07, 6.45) is 4.95. The number of aromatic nitrogens is 2. The molecule has 6 heteroatoms. The van der Waals surface area contributed by atoms with Gasteiger partial charge in [0.1, 0.15) is 12.2 Å². The van der Waals surface area contributed by atoms with Crippen molar-refractivity contribution in [1.82, 2.24) is 10.1 Å². The average Bonchev–Trinajstić information content (AvgIpc) is 2.89. The molecule has 1 heterocycles. The molecule has 0 saturated heterocycles. The van der Waals surface area contributed by atoms with E-state index in [2.05, 4.69) is 10.1 Å². The fourth-order valence-corrected chi connectivity index (χ4v) is 2.54. The standard InChI is InChI=1S/C12H21N3O3/c1-17-10(8-5-3-2-4-6-8)11-14-12(18-15-11)9(16)7-13/h8-10,16H,2-7,13H2,1H3/t9-,10?/m0/s1. The highest BCUT2D eigenvalue weighted by molar-refractivity contribution is 4.96. The maximum Gasteiger partial charge on any atom is 0.256 e. The number of aliphatic hydroxyl groups is 1. The highest BCUT2D eigenvalue weighted by Gasteiger charge is 2.29. The molecule has 1 aliphatic carbocycles. The van der Waals surface area contributed by atoms with Crippen molar-refractivity contribution in [2.45, 2.75) is 44.3 Å². The Labute approximate surface area is 107 Å². The maximum absolute atomic E-state index is 9.55. The summed E-state index contributed by atoms with van der Waals surface area (Å²) in [5.41, 5.74) is 5.36. The van der Waals surface area contributed by atoms with E-state index in [1.807, 2.05) is 0 Å². The Bertz CT molecular complexity index is 363. The minimum atomic E-state index is -0.893. The lowest BCUT2D eigenvalue weighted by atomic mass is 9.85. The largest absolute Gasteiger partial charge is 0.382 e. The van der Waals surface area contributed by atoms with Crippen LogP contribution >= 0.6 is 0 Å². The van der Waals surface area contributed by atoms with Crippen LogP contribution in [0.3, 0.4) is 0 Å². The summed E-state index contributed by atoms with van der Waals surface area (Å²) in [6.45, 7) is 0.0721. The van der Waals surface area contributed by atoms with Crippen molar-refractivity contribution in [3.8, 4) is 0 Å². The zero-order valence-electron chi connectivity index (χ0n) is 10.7. The van der Waals surface area contributed by atoms with Gasteiger partial charge >= 0.3 is 0 Å². The van der Waals surface area contributed by atoms with E-state index >= 15 is 0 Å². The first-order valence-corrected chi connectivity index (χ1v) is 6.50. The minimum Gasteiger partial charge on any atom is -0.382 e. The number of nitrogens with zero attached hydrogens (tertiary/aromatic N) is 2. The van der Waals surface area contributed by atoms with E-state index in [4.69, 9.17) is 15.0 Å². The summed E-state index contributed by atoms with van der Waals surface area (Å²) >= 11 is 0. The fourth-order valence-electron chi connectivity index (χ4n) is 2.54. The third-order valence-electron chi connectivity index (χ3n) is 3.55. The van der Waals surface area contributed by atoms with Crippen molar-refractivity contribution in [1.29, 1.82) is 0 Å². The molecule has 1 saturated carbocycles. The van der Waals surface area contributed by atoms with Gasteiger partial charge in [0.2, 0.25) is 5.82 Å². The summed E-state index contributed by atoms with van der Waals surface area (Å²) < 4.78 is 10.5. The molecule has 0 bridgehead atoms. The van der Waals surface area contributed by atoms with Crippen molar-refractivity contribution in [2.75, 3.05) is 13.7 Å². The van der Waals surface area contributed by atoms with Crippen LogP contribution in [0.25, 0.3) is 0 Å². The van der Waals surface area contributed by atoms with Crippen LogP contribution < -0.4 is 5.73 Å². The molecule has 0 amide bonds. The molecule has 2 atom stereocenters. The first-order valence-electron chi connectivity index (χ1n) is 6.50. The molecule has 102 valence electrons. The predicted octanol–water partition coefficient (Wildman–Crippen LogP) is 1.33. The Morgan fingerprint density at radius 2 is 2.17 bits per heavy atom. The van der Waals surface area contributed by atoms with Crippen LogP contribution in [0.15, 0.2) is 4.52 Å². The molecule has 1 aromatic heterocycles. The number of methoxy groups -OCH3 is 1. The number of hydrogen-bond donors (Lipinski definition) is 2. The summed E-state index contributed by atoms with van der Waals surface area (Å²) in [5, 5.41) is 13.5. The highest BCUT2D eigenvalue weighted by atomic mass is 16.5. The van der Waals surface area contributed by atoms with E-state index in [0.29, 0.717) is 11.7 Å². The summed E-state index contributed by atoms with van der Waals surface area (Å²) in [4.78, 5) is 4.19. The second-order valence-electron chi connectivity index (χ2n) is 4.80. The van der Waals surface area contributed by atoms with Gasteiger partial charge in [-0.2, -0.15) is 4.98 Å². The molecule has 2 rings (SSSR count). The minimum absolute atomic E-state index is 0.0721. The number of hydrogen-bond acceptors (Lipinski definition) is 6. The lowest BCUT2D eigenvalue weighted by Gasteiger charge is -2.26. The zero-order valence-corrected chi connectivity index (χ0v) is 10.7. The van der Waals surface area contributed by atoms with Gasteiger partial charge in [-0.25, -0.2) is 0 Å². The van der Waals surface area contributed by atoms with Gasteiger partial charge in [0.15, 0.2) is 0 Å². The fraction of sp³-hybridized carbons (Fsp3) is 0.833. The monoisotopic (exact) mass is 255 g/mol. The molecule has 0 aromatic carbocycles. The molecule has 1 unspecified atom stereocenters. The van der Waals surface area contributed by atoms with Crippen molar-refractivity contribution in [3.63, 3.8) is 0 Å². The summed E-state index contributed by atoms with van der Waals surface area (Å²) in [6, 6.07) is 0. The Morgan fingerprint density at radius 3 is 2.78 bits per heavy atom. The van der Waals surface area contributed by atoms with Gasteiger partial charge in [0.05, 0.1) is 0 Å². The lowest BCUT2D eigenvalue weighted by Crippen LogP contribution is -2.19. The van der Waals surface area contributed by atoms with E-state index in [-0.39, 0.29) is 18.5 Å². The van der Waals surface area contributed by atoms with E-state index in [1.165, 1.54) is 19.3 Å². The molecular weight excluding hydrogens is 234 g/mol. The van der Waals surface area contributed by atoms with Gasteiger partial charge in [-0.15, -0.1) is 0 Å². The van der Waals surface area contributed by atoms with Crippen LogP contribution in [0.2, 0.25) is 0 Å². The lowest BCUT2D eigenvalue weighted by molar-refractivity contribution is 0.0273. The average molecular weight is 255 g/mol. The molecular formula is C12H21N3O3. The smallest absolute Gasteiger partial charge is 0.256 e. The molecule has 1 fully saturated rings. The van der Waals surface area contributed by atoms with E-state index in [9.17, 15) is 5.11 Å². The molecule has 18 heavy (non-hydrogen) atoms. The Hall–Kier alpha value is -0.980. The quantitative estimate of drug-likeness (QED) is 0.824. The Morgan fingerprint density at radius 1 is 1.44 bits per heavy atom. The second kappa shape index (κ2) is 6.26. The summed E-state index contributed by atoms with van der Waals surface area (Å²) in [5.74, 6) is 1.13. The van der Waals surface area contributed by atoms with Crippen LogP contribution in [0.1, 0.15) is 56.0 Å². The van der Waals surface area contributed by atoms with Gasteiger partial charge in [0.25, 0.3) is 5.89 Å². The number of nitrogens with two attached hydrogens (primary N) is 1. The van der Waals surface area contributed by atoms with Gasteiger partial charge in [-0.05, 0) is 18.8 Å². The molecule has 6 nitrogen and oxygen atoms in total. The normalized spacial score (nSPS) is 20.8. The highest BCUT2D eigenvalue weighted by Crippen LogP contribution is 2.35. The molecule has 3 N–H and O–H groups in total. The molecule has 0 aliphatic heterocycles. The number of aliphatic hydroxyl groups excluding tert-OH is 1. The Balaban J connectivity index is 2.09. The van der Waals surface area contributed by atoms with E-state index < -0.39 is 6.10 Å². The number of ether oxygens (including phenoxy) is 1. The van der Waals surface area contributed by atoms with Gasteiger partial charge in [0, 0.05) is 13.7 Å². The second-order valence-corrected chi connectivity index (χ2v) is 4.80. The van der Waals surface area contributed by atoms with Gasteiger partial charge in [-0.3, -0.25) is 0 Å². The van der Waals surface area contributed by atoms with Crippen LogP contribution in [0, 0.1) is 5.92 Å². The predicted molar refractivity (Wildman–Crippen MR) is 64.6 cm³/mol. The third kappa shape index (κ3) is 2.88. The zero-order chi connectivity index (χ0) is 13.0. The first-order chi connectivity index (χ1) is 8.76. The maximum atomic E-state index is 9.55. The van der Waals surface area contributed by atoms with Gasteiger partial charge < -0.3 is 20.1 Å². The van der Waals surface area contributed by atoms with Crippen molar-refractivity contribution in [2.24, 2.45) is 11.7 Å². The molecule has 0 spiro atoms. The van der Waals surface area contributed by atoms with E-state index in [1.54, 1.807) is 7.11 Å². The van der Waals surface area contributed by atoms with Gasteiger partial charge in [-0.1, -0.05) is 24.4 Å². The van der Waals surface area contributed by atoms with Crippen LogP contribution in [-0.2, 0) is 4.74 Å². The molecule has 1 aliphatic rings. The molecule has 0 radical (unpaired) electrons. The van der Waals surface area contributed by atoms with Crippen molar-refractivity contribution in [3.05, 3.63) is 11.7 Å². The van der Waals surface area contributed by atoms with E-state index in [0.717, 1.165) is 12.8 Å². The number of rotatable bonds is 5. The van der Waals surface area contributed by atoms with Crippen LogP contribution in [0.4, 0.5) is 0 Å². The first kappa shape index (κ1) is 13.5. The van der Waals surface area contributed by atoms with Crippen LogP contribution in [0.5, 0.6) is 0 Å². The topological polar surface area (TPSA) is 94.4 Å². The summed E-state index contributed by atoms with van der Waals surface area (Å²) in [7, 11) is 1.66.